The molecule has 0 aliphatic rings. The van der Waals surface area contributed by atoms with Gasteiger partial charge in [0.25, 0.3) is 12.3 Å². The van der Waals surface area contributed by atoms with Crippen LogP contribution in [0.2, 0.25) is 0 Å². The Labute approximate surface area is 106 Å². The van der Waals surface area contributed by atoms with Gasteiger partial charge in [0.2, 0.25) is 0 Å². The minimum absolute atomic E-state index is 0.0257. The van der Waals surface area contributed by atoms with E-state index in [1.54, 1.807) is 0 Å². The number of carbonyl (C=O) groups is 1. The van der Waals surface area contributed by atoms with Crippen LogP contribution in [0.25, 0.3) is 0 Å². The van der Waals surface area contributed by atoms with E-state index in [1.807, 2.05) is 0 Å². The molecule has 0 saturated carbocycles. The van der Waals surface area contributed by atoms with E-state index in [0.29, 0.717) is 6.07 Å². The smallest absolute Gasteiger partial charge is 0.255 e. The minimum atomic E-state index is -2.72. The monoisotopic (exact) mass is 283 g/mol. The first-order valence-electron chi connectivity index (χ1n) is 5.04. The molecule has 0 saturated heterocycles. The number of alkyl halides is 3. The van der Waals surface area contributed by atoms with Crippen molar-refractivity contribution < 1.29 is 22.4 Å². The fraction of sp³-hybridized carbons (Fsp3) is 0.364. The summed E-state index contributed by atoms with van der Waals surface area (Å²) in [6, 6.07) is 2.47. The Bertz CT molecular complexity index is 428. The van der Waals surface area contributed by atoms with Crippen molar-refractivity contribution in [2.45, 2.75) is 6.43 Å². The van der Waals surface area contributed by atoms with Crippen LogP contribution in [0.4, 0.5) is 17.6 Å². The molecule has 0 aliphatic carbocycles. The van der Waals surface area contributed by atoms with Gasteiger partial charge in [0.15, 0.2) is 11.6 Å². The van der Waals surface area contributed by atoms with Crippen LogP contribution in [0.15, 0.2) is 18.2 Å². The zero-order valence-electron chi connectivity index (χ0n) is 9.18. The predicted molar refractivity (Wildman–Crippen MR) is 59.0 cm³/mol. The summed E-state index contributed by atoms with van der Waals surface area (Å²) >= 11 is 5.39. The molecule has 18 heavy (non-hydrogen) atoms. The van der Waals surface area contributed by atoms with E-state index in [0.717, 1.165) is 17.0 Å². The average Bonchev–Trinajstić information content (AvgIpc) is 2.31. The van der Waals surface area contributed by atoms with Crippen molar-refractivity contribution in [3.63, 3.8) is 0 Å². The molecule has 0 fully saturated rings. The lowest BCUT2D eigenvalue weighted by molar-refractivity contribution is 0.0570. The molecular formula is C11H10ClF4NO. The van der Waals surface area contributed by atoms with E-state index in [9.17, 15) is 22.4 Å². The van der Waals surface area contributed by atoms with Gasteiger partial charge in [-0.3, -0.25) is 4.79 Å². The van der Waals surface area contributed by atoms with Crippen LogP contribution < -0.4 is 0 Å². The number of amides is 1. The van der Waals surface area contributed by atoms with Gasteiger partial charge in [-0.05, 0) is 18.2 Å². The van der Waals surface area contributed by atoms with E-state index in [-0.39, 0.29) is 18.0 Å². The van der Waals surface area contributed by atoms with Crippen molar-refractivity contribution in [3.05, 3.63) is 35.4 Å². The van der Waals surface area contributed by atoms with Crippen molar-refractivity contribution >= 4 is 17.5 Å². The van der Waals surface area contributed by atoms with Gasteiger partial charge in [-0.25, -0.2) is 17.6 Å². The first kappa shape index (κ1) is 14.8. The standard InChI is InChI=1S/C11H10ClF4NO/c12-3-4-17(6-10(15)16)11(18)7-1-2-8(13)9(14)5-7/h1-2,5,10H,3-4,6H2. The largest absolute Gasteiger partial charge is 0.332 e. The first-order chi connectivity index (χ1) is 8.45. The van der Waals surface area contributed by atoms with Gasteiger partial charge in [0.1, 0.15) is 0 Å². The molecule has 0 atom stereocenters. The van der Waals surface area contributed by atoms with Crippen LogP contribution >= 0.6 is 11.6 Å². The number of carbonyl (C=O) groups excluding carboxylic acids is 1. The fourth-order valence-electron chi connectivity index (χ4n) is 1.36. The predicted octanol–water partition coefficient (Wildman–Crippen LogP) is 2.91. The normalized spacial score (nSPS) is 10.8. The van der Waals surface area contributed by atoms with Gasteiger partial charge in [-0.15, -0.1) is 11.6 Å². The van der Waals surface area contributed by atoms with Crippen molar-refractivity contribution in [2.24, 2.45) is 0 Å². The van der Waals surface area contributed by atoms with Crippen molar-refractivity contribution in [1.82, 2.24) is 4.90 Å². The molecule has 0 radical (unpaired) electrons. The molecule has 0 unspecified atom stereocenters. The quantitative estimate of drug-likeness (QED) is 0.601. The third kappa shape index (κ3) is 3.87. The van der Waals surface area contributed by atoms with Crippen LogP contribution in [-0.4, -0.2) is 36.2 Å². The number of hydrogen-bond donors (Lipinski definition) is 0. The molecule has 0 heterocycles. The van der Waals surface area contributed by atoms with E-state index in [2.05, 4.69) is 0 Å². The molecule has 0 bridgehead atoms. The molecule has 0 aliphatic heterocycles. The Morgan fingerprint density at radius 3 is 2.44 bits per heavy atom. The first-order valence-corrected chi connectivity index (χ1v) is 5.57. The van der Waals surface area contributed by atoms with Crippen LogP contribution in [0, 0.1) is 11.6 Å². The highest BCUT2D eigenvalue weighted by Crippen LogP contribution is 2.12. The Hall–Kier alpha value is -1.30. The molecule has 0 aromatic heterocycles. The van der Waals surface area contributed by atoms with Gasteiger partial charge in [0, 0.05) is 18.0 Å². The Morgan fingerprint density at radius 2 is 1.94 bits per heavy atom. The summed E-state index contributed by atoms with van der Waals surface area (Å²) in [7, 11) is 0. The van der Waals surface area contributed by atoms with Gasteiger partial charge >= 0.3 is 0 Å². The molecule has 100 valence electrons. The van der Waals surface area contributed by atoms with Crippen molar-refractivity contribution in [1.29, 1.82) is 0 Å². The number of rotatable bonds is 5. The molecule has 1 aromatic carbocycles. The lowest BCUT2D eigenvalue weighted by Crippen LogP contribution is -2.36. The summed E-state index contributed by atoms with van der Waals surface area (Å²) < 4.78 is 50.1. The second-order valence-corrected chi connectivity index (χ2v) is 3.84. The minimum Gasteiger partial charge on any atom is -0.332 e. The van der Waals surface area contributed by atoms with E-state index >= 15 is 0 Å². The van der Waals surface area contributed by atoms with E-state index in [1.165, 1.54) is 0 Å². The topological polar surface area (TPSA) is 20.3 Å². The summed E-state index contributed by atoms with van der Waals surface area (Å²) in [5.41, 5.74) is -0.195. The van der Waals surface area contributed by atoms with Crippen LogP contribution in [-0.2, 0) is 0 Å². The number of hydrogen-bond acceptors (Lipinski definition) is 1. The summed E-state index contributed by atoms with van der Waals surface area (Å²) in [6.45, 7) is -0.895. The van der Waals surface area contributed by atoms with Crippen LogP contribution in [0.3, 0.4) is 0 Å². The van der Waals surface area contributed by atoms with Crippen molar-refractivity contribution in [3.8, 4) is 0 Å². The van der Waals surface area contributed by atoms with Crippen LogP contribution in [0.1, 0.15) is 10.4 Å². The fourth-order valence-corrected chi connectivity index (χ4v) is 1.56. The second kappa shape index (κ2) is 6.58. The molecular weight excluding hydrogens is 274 g/mol. The molecule has 1 rings (SSSR count). The summed E-state index contributed by atoms with van der Waals surface area (Å²) in [6.07, 6.45) is -2.72. The summed E-state index contributed by atoms with van der Waals surface area (Å²) in [5, 5.41) is 0. The van der Waals surface area contributed by atoms with Gasteiger partial charge in [-0.2, -0.15) is 0 Å². The molecule has 7 heteroatoms. The Balaban J connectivity index is 2.90. The maximum atomic E-state index is 12.9. The highest BCUT2D eigenvalue weighted by atomic mass is 35.5. The average molecular weight is 284 g/mol. The highest BCUT2D eigenvalue weighted by Gasteiger charge is 2.20. The zero-order valence-corrected chi connectivity index (χ0v) is 9.93. The summed E-state index contributed by atoms with van der Waals surface area (Å²) in [5.74, 6) is -3.15. The molecule has 0 N–H and O–H groups in total. The third-order valence-electron chi connectivity index (χ3n) is 2.17. The van der Waals surface area contributed by atoms with Crippen molar-refractivity contribution in [2.75, 3.05) is 19.0 Å². The SMILES string of the molecule is O=C(c1ccc(F)c(F)c1)N(CCCl)CC(F)F. The lowest BCUT2D eigenvalue weighted by atomic mass is 10.2. The Kier molecular flexibility index (Phi) is 5.40. The maximum Gasteiger partial charge on any atom is 0.255 e. The maximum absolute atomic E-state index is 12.9. The molecule has 0 spiro atoms. The zero-order chi connectivity index (χ0) is 13.7. The van der Waals surface area contributed by atoms with Gasteiger partial charge in [-0.1, -0.05) is 0 Å². The number of nitrogens with zero attached hydrogens (tertiary/aromatic N) is 1. The van der Waals surface area contributed by atoms with Crippen LogP contribution in [0.5, 0.6) is 0 Å². The number of benzene rings is 1. The lowest BCUT2D eigenvalue weighted by Gasteiger charge is -2.21. The highest BCUT2D eigenvalue weighted by molar-refractivity contribution is 6.18. The number of halogens is 5. The van der Waals surface area contributed by atoms with Gasteiger partial charge in [0.05, 0.1) is 6.54 Å². The van der Waals surface area contributed by atoms with E-state index < -0.39 is 30.5 Å². The summed E-state index contributed by atoms with van der Waals surface area (Å²) in [4.78, 5) is 12.6. The molecule has 1 aromatic rings. The molecule has 1 amide bonds. The molecule has 2 nitrogen and oxygen atoms in total. The Morgan fingerprint density at radius 1 is 1.28 bits per heavy atom. The third-order valence-corrected chi connectivity index (χ3v) is 2.34. The van der Waals surface area contributed by atoms with Gasteiger partial charge < -0.3 is 4.90 Å². The van der Waals surface area contributed by atoms with E-state index in [4.69, 9.17) is 11.6 Å². The second-order valence-electron chi connectivity index (χ2n) is 3.46.